The van der Waals surface area contributed by atoms with Gasteiger partial charge in [-0.2, -0.15) is 0 Å². The Morgan fingerprint density at radius 3 is 2.44 bits per heavy atom. The Bertz CT molecular complexity index is 436. The Morgan fingerprint density at radius 2 is 2.00 bits per heavy atom. The van der Waals surface area contributed by atoms with E-state index in [2.05, 4.69) is 20.8 Å². The minimum absolute atomic E-state index is 0.0932. The van der Waals surface area contributed by atoms with Crippen molar-refractivity contribution in [2.75, 3.05) is 6.54 Å². The minimum atomic E-state index is -0.139. The summed E-state index contributed by atoms with van der Waals surface area (Å²) in [4.78, 5) is 14.4. The first-order valence-electron chi connectivity index (χ1n) is 6.60. The molecule has 1 unspecified atom stereocenters. The van der Waals surface area contributed by atoms with E-state index in [9.17, 15) is 4.79 Å². The molecule has 3 nitrogen and oxygen atoms in total. The van der Waals surface area contributed by atoms with Crippen LogP contribution in [0.15, 0.2) is 24.3 Å². The molecule has 0 aromatic heterocycles. The van der Waals surface area contributed by atoms with E-state index in [0.717, 1.165) is 18.4 Å². The zero-order valence-corrected chi connectivity index (χ0v) is 11.4. The van der Waals surface area contributed by atoms with Gasteiger partial charge in [0.2, 0.25) is 0 Å². The van der Waals surface area contributed by atoms with Crippen molar-refractivity contribution in [3.8, 4) is 0 Å². The molecule has 1 aliphatic rings. The molecular weight excluding hydrogens is 224 g/mol. The third kappa shape index (κ3) is 2.41. The fourth-order valence-corrected chi connectivity index (χ4v) is 2.69. The van der Waals surface area contributed by atoms with Crippen molar-refractivity contribution in [1.82, 2.24) is 4.90 Å². The number of hydrogen-bond acceptors (Lipinski definition) is 2. The summed E-state index contributed by atoms with van der Waals surface area (Å²) in [5, 5.41) is 0. The molecule has 1 amide bonds. The Kier molecular flexibility index (Phi) is 3.44. The van der Waals surface area contributed by atoms with Gasteiger partial charge in [-0.25, -0.2) is 0 Å². The van der Waals surface area contributed by atoms with E-state index in [4.69, 9.17) is 5.73 Å². The first kappa shape index (κ1) is 13.1. The maximum absolute atomic E-state index is 12.5. The highest BCUT2D eigenvalue weighted by Gasteiger charge is 2.39. The van der Waals surface area contributed by atoms with Crippen LogP contribution in [0, 0.1) is 0 Å². The van der Waals surface area contributed by atoms with Crippen LogP contribution in [0.3, 0.4) is 0 Å². The normalized spacial score (nSPS) is 22.2. The highest BCUT2D eigenvalue weighted by molar-refractivity contribution is 5.95. The second kappa shape index (κ2) is 4.73. The predicted molar refractivity (Wildman–Crippen MR) is 73.5 cm³/mol. The van der Waals surface area contributed by atoms with E-state index in [1.807, 2.05) is 29.2 Å². The second-order valence-corrected chi connectivity index (χ2v) is 5.74. The van der Waals surface area contributed by atoms with Gasteiger partial charge < -0.3 is 10.6 Å². The molecule has 2 N–H and O–H groups in total. The van der Waals surface area contributed by atoms with Gasteiger partial charge in [0.25, 0.3) is 5.91 Å². The fourth-order valence-electron chi connectivity index (χ4n) is 2.69. The summed E-state index contributed by atoms with van der Waals surface area (Å²) in [6.45, 7) is 6.93. The molecule has 2 rings (SSSR count). The number of rotatable bonds is 2. The first-order valence-corrected chi connectivity index (χ1v) is 6.60. The summed E-state index contributed by atoms with van der Waals surface area (Å²) >= 11 is 0. The number of nitrogens with zero attached hydrogens (tertiary/aromatic N) is 1. The van der Waals surface area contributed by atoms with E-state index in [1.54, 1.807) is 0 Å². The molecule has 0 saturated carbocycles. The lowest BCUT2D eigenvalue weighted by atomic mass is 9.99. The molecule has 0 bridgehead atoms. The van der Waals surface area contributed by atoms with Crippen molar-refractivity contribution < 1.29 is 4.79 Å². The average molecular weight is 246 g/mol. The van der Waals surface area contributed by atoms with Gasteiger partial charge in [0, 0.05) is 23.7 Å². The molecule has 1 aromatic carbocycles. The molecule has 0 aliphatic carbocycles. The summed E-state index contributed by atoms with van der Waals surface area (Å²) in [5.41, 5.74) is 7.84. The van der Waals surface area contributed by atoms with Crippen LogP contribution in [0.4, 0.5) is 0 Å². The van der Waals surface area contributed by atoms with Gasteiger partial charge in [-0.15, -0.1) is 0 Å². The zero-order valence-electron chi connectivity index (χ0n) is 11.4. The van der Waals surface area contributed by atoms with Crippen LogP contribution in [0.1, 0.15) is 43.1 Å². The Hall–Kier alpha value is -1.35. The molecule has 1 heterocycles. The largest absolute Gasteiger partial charge is 0.332 e. The summed E-state index contributed by atoms with van der Waals surface area (Å²) in [6.07, 6.45) is 1.86. The average Bonchev–Trinajstić information content (AvgIpc) is 2.61. The van der Waals surface area contributed by atoms with Gasteiger partial charge in [-0.05, 0) is 44.4 Å². The highest BCUT2D eigenvalue weighted by atomic mass is 16.2. The number of likely N-dealkylation sites (tertiary alicyclic amines) is 1. The van der Waals surface area contributed by atoms with E-state index >= 15 is 0 Å². The van der Waals surface area contributed by atoms with Gasteiger partial charge in [-0.1, -0.05) is 19.1 Å². The maximum Gasteiger partial charge on any atom is 0.254 e. The predicted octanol–water partition coefficient (Wildman–Crippen LogP) is 2.20. The third-order valence-corrected chi connectivity index (χ3v) is 3.76. The van der Waals surface area contributed by atoms with Crippen LogP contribution >= 0.6 is 0 Å². The maximum atomic E-state index is 12.5. The highest BCUT2D eigenvalue weighted by Crippen LogP contribution is 2.29. The lowest BCUT2D eigenvalue weighted by molar-refractivity contribution is 0.0651. The van der Waals surface area contributed by atoms with Gasteiger partial charge in [-0.3, -0.25) is 4.79 Å². The van der Waals surface area contributed by atoms with E-state index in [-0.39, 0.29) is 17.5 Å². The van der Waals surface area contributed by atoms with Crippen molar-refractivity contribution in [2.45, 2.75) is 45.2 Å². The molecule has 1 aromatic rings. The number of amides is 1. The van der Waals surface area contributed by atoms with E-state index < -0.39 is 0 Å². The fraction of sp³-hybridized carbons (Fsp3) is 0.533. The first-order chi connectivity index (χ1) is 8.44. The van der Waals surface area contributed by atoms with Crippen LogP contribution in [0.5, 0.6) is 0 Å². The van der Waals surface area contributed by atoms with E-state index in [1.165, 1.54) is 5.56 Å². The van der Waals surface area contributed by atoms with Crippen molar-refractivity contribution in [2.24, 2.45) is 5.73 Å². The molecule has 3 heteroatoms. The Labute approximate surface area is 109 Å². The topological polar surface area (TPSA) is 46.3 Å². The number of nitrogens with two attached hydrogens (primary N) is 1. The van der Waals surface area contributed by atoms with Gasteiger partial charge in [0.05, 0.1) is 0 Å². The second-order valence-electron chi connectivity index (χ2n) is 5.74. The van der Waals surface area contributed by atoms with Crippen molar-refractivity contribution in [3.05, 3.63) is 35.4 Å². The third-order valence-electron chi connectivity index (χ3n) is 3.76. The van der Waals surface area contributed by atoms with Gasteiger partial charge in [0.1, 0.15) is 0 Å². The van der Waals surface area contributed by atoms with Crippen LogP contribution in [-0.2, 0) is 6.42 Å². The van der Waals surface area contributed by atoms with Crippen LogP contribution in [0.25, 0.3) is 0 Å². The van der Waals surface area contributed by atoms with Gasteiger partial charge in [0.15, 0.2) is 0 Å². The molecular formula is C15H22N2O. The van der Waals surface area contributed by atoms with Crippen LogP contribution in [-0.4, -0.2) is 28.9 Å². The molecule has 1 aliphatic heterocycles. The standard InChI is InChI=1S/C15H22N2O/c1-4-11-5-7-12(8-6-11)14(18)17-10-13(16)9-15(17,2)3/h5-8,13H,4,9-10,16H2,1-3H3. The Morgan fingerprint density at radius 1 is 1.39 bits per heavy atom. The summed E-state index contributed by atoms with van der Waals surface area (Å²) in [6, 6.07) is 7.98. The van der Waals surface area contributed by atoms with Crippen LogP contribution < -0.4 is 5.73 Å². The number of hydrogen-bond donors (Lipinski definition) is 1. The molecule has 1 fully saturated rings. The number of carbonyl (C=O) groups excluding carboxylic acids is 1. The number of aryl methyl sites for hydroxylation is 1. The minimum Gasteiger partial charge on any atom is -0.332 e. The molecule has 98 valence electrons. The summed E-state index contributed by atoms with van der Waals surface area (Å²) < 4.78 is 0. The number of benzene rings is 1. The lowest BCUT2D eigenvalue weighted by Gasteiger charge is -2.31. The molecule has 18 heavy (non-hydrogen) atoms. The molecule has 0 radical (unpaired) electrons. The summed E-state index contributed by atoms with van der Waals surface area (Å²) in [7, 11) is 0. The van der Waals surface area contributed by atoms with Crippen molar-refractivity contribution in [1.29, 1.82) is 0 Å². The SMILES string of the molecule is CCc1ccc(C(=O)N2CC(N)CC2(C)C)cc1. The number of carbonyl (C=O) groups is 1. The lowest BCUT2D eigenvalue weighted by Crippen LogP contribution is -2.42. The molecule has 1 atom stereocenters. The van der Waals surface area contributed by atoms with Crippen molar-refractivity contribution in [3.63, 3.8) is 0 Å². The zero-order chi connectivity index (χ0) is 13.3. The quantitative estimate of drug-likeness (QED) is 0.869. The molecule has 1 saturated heterocycles. The summed E-state index contributed by atoms with van der Waals surface area (Å²) in [5.74, 6) is 0.0932. The van der Waals surface area contributed by atoms with Crippen LogP contribution in [0.2, 0.25) is 0 Å². The van der Waals surface area contributed by atoms with E-state index in [0.29, 0.717) is 6.54 Å². The smallest absolute Gasteiger partial charge is 0.254 e. The van der Waals surface area contributed by atoms with Crippen molar-refractivity contribution >= 4 is 5.91 Å². The Balaban J connectivity index is 2.20. The van der Waals surface area contributed by atoms with Gasteiger partial charge >= 0.3 is 0 Å². The molecule has 0 spiro atoms. The monoisotopic (exact) mass is 246 g/mol.